The lowest BCUT2D eigenvalue weighted by Gasteiger charge is -2.32. The highest BCUT2D eigenvalue weighted by Crippen LogP contribution is 2.27. The second-order valence-electron chi connectivity index (χ2n) is 5.71. The lowest BCUT2D eigenvalue weighted by molar-refractivity contribution is -0.125. The molecule has 1 aliphatic rings. The molecule has 2 aromatic rings. The van der Waals surface area contributed by atoms with Gasteiger partial charge in [-0.3, -0.25) is 9.36 Å². The van der Waals surface area contributed by atoms with Crippen LogP contribution < -0.4 is 10.6 Å². The van der Waals surface area contributed by atoms with E-state index in [0.29, 0.717) is 0 Å². The average Bonchev–Trinajstić information content (AvgIpc) is 3.02. The van der Waals surface area contributed by atoms with Crippen LogP contribution in [0.25, 0.3) is 5.69 Å². The minimum atomic E-state index is -0.342. The van der Waals surface area contributed by atoms with Gasteiger partial charge in [-0.25, -0.2) is 0 Å². The van der Waals surface area contributed by atoms with Crippen molar-refractivity contribution in [1.82, 2.24) is 20.1 Å². The zero-order valence-electron chi connectivity index (χ0n) is 12.0. The summed E-state index contributed by atoms with van der Waals surface area (Å²) >= 11 is 0. The van der Waals surface area contributed by atoms with E-state index in [4.69, 9.17) is 0 Å². The van der Waals surface area contributed by atoms with Gasteiger partial charge in [-0.15, -0.1) is 10.2 Å². The summed E-state index contributed by atoms with van der Waals surface area (Å²) in [4.78, 5) is 12.5. The maximum Gasteiger partial charge on any atom is 0.231 e. The van der Waals surface area contributed by atoms with Crippen LogP contribution in [-0.4, -0.2) is 33.8 Å². The van der Waals surface area contributed by atoms with E-state index in [-0.39, 0.29) is 11.3 Å². The van der Waals surface area contributed by atoms with Gasteiger partial charge in [0.05, 0.1) is 11.1 Å². The van der Waals surface area contributed by atoms with Crippen LogP contribution in [0.4, 0.5) is 5.69 Å². The predicted octanol–water partition coefficient (Wildman–Crippen LogP) is 1.60. The molecule has 1 amide bonds. The van der Waals surface area contributed by atoms with E-state index in [1.54, 1.807) is 17.2 Å². The molecule has 0 radical (unpaired) electrons. The molecule has 0 bridgehead atoms. The Kier molecular flexibility index (Phi) is 3.70. The molecule has 1 saturated heterocycles. The molecular formula is C15H19N5O. The minimum Gasteiger partial charge on any atom is -0.326 e. The normalized spacial score (nSPS) is 22.0. The molecule has 1 aliphatic heterocycles. The van der Waals surface area contributed by atoms with Crippen molar-refractivity contribution in [2.24, 2.45) is 5.41 Å². The van der Waals surface area contributed by atoms with Gasteiger partial charge in [-0.05, 0) is 44.5 Å². The first kappa shape index (κ1) is 13.8. The van der Waals surface area contributed by atoms with Crippen LogP contribution >= 0.6 is 0 Å². The van der Waals surface area contributed by atoms with Crippen molar-refractivity contribution < 1.29 is 4.79 Å². The van der Waals surface area contributed by atoms with Crippen LogP contribution in [0.3, 0.4) is 0 Å². The highest BCUT2D eigenvalue weighted by atomic mass is 16.2. The number of hydrogen-bond donors (Lipinski definition) is 2. The van der Waals surface area contributed by atoms with E-state index in [2.05, 4.69) is 20.8 Å². The minimum absolute atomic E-state index is 0.0654. The Morgan fingerprint density at radius 2 is 2.19 bits per heavy atom. The van der Waals surface area contributed by atoms with Gasteiger partial charge in [-0.2, -0.15) is 0 Å². The van der Waals surface area contributed by atoms with Crippen molar-refractivity contribution in [3.63, 3.8) is 0 Å². The summed E-state index contributed by atoms with van der Waals surface area (Å²) in [7, 11) is 0. The molecule has 6 heteroatoms. The summed E-state index contributed by atoms with van der Waals surface area (Å²) in [5, 5.41) is 13.9. The first-order chi connectivity index (χ1) is 10.2. The SMILES string of the molecule is CC1(C(=O)Nc2cccc(-n3cnnc3)c2)CCCNC1. The van der Waals surface area contributed by atoms with Crippen LogP contribution in [0.1, 0.15) is 19.8 Å². The fourth-order valence-corrected chi connectivity index (χ4v) is 2.61. The Labute approximate surface area is 123 Å². The maximum absolute atomic E-state index is 12.5. The van der Waals surface area contributed by atoms with Crippen molar-refractivity contribution in [3.05, 3.63) is 36.9 Å². The highest BCUT2D eigenvalue weighted by molar-refractivity contribution is 5.95. The van der Waals surface area contributed by atoms with Gasteiger partial charge < -0.3 is 10.6 Å². The fraction of sp³-hybridized carbons (Fsp3) is 0.400. The molecule has 2 N–H and O–H groups in total. The van der Waals surface area contributed by atoms with Gasteiger partial charge in [0.2, 0.25) is 5.91 Å². The molecular weight excluding hydrogens is 266 g/mol. The lowest BCUT2D eigenvalue weighted by Crippen LogP contribution is -2.46. The van der Waals surface area contributed by atoms with Crippen molar-refractivity contribution in [2.75, 3.05) is 18.4 Å². The molecule has 1 atom stereocenters. The van der Waals surface area contributed by atoms with Crippen LogP contribution in [0, 0.1) is 5.41 Å². The number of aromatic nitrogens is 3. The number of benzene rings is 1. The molecule has 3 rings (SSSR count). The van der Waals surface area contributed by atoms with Crippen molar-refractivity contribution in [2.45, 2.75) is 19.8 Å². The van der Waals surface area contributed by atoms with Crippen LogP contribution in [0.2, 0.25) is 0 Å². The number of rotatable bonds is 3. The van der Waals surface area contributed by atoms with E-state index in [1.807, 2.05) is 31.2 Å². The maximum atomic E-state index is 12.5. The summed E-state index contributed by atoms with van der Waals surface area (Å²) in [5.74, 6) is 0.0654. The van der Waals surface area contributed by atoms with E-state index in [1.165, 1.54) is 0 Å². The molecule has 110 valence electrons. The molecule has 0 saturated carbocycles. The third-order valence-electron chi connectivity index (χ3n) is 3.97. The largest absolute Gasteiger partial charge is 0.326 e. The Morgan fingerprint density at radius 1 is 1.38 bits per heavy atom. The van der Waals surface area contributed by atoms with E-state index < -0.39 is 0 Å². The quantitative estimate of drug-likeness (QED) is 0.898. The predicted molar refractivity (Wildman–Crippen MR) is 80.2 cm³/mol. The molecule has 1 unspecified atom stereocenters. The Hall–Kier alpha value is -2.21. The second kappa shape index (κ2) is 5.65. The molecule has 6 nitrogen and oxygen atoms in total. The number of hydrogen-bond acceptors (Lipinski definition) is 4. The number of amides is 1. The molecule has 0 aliphatic carbocycles. The average molecular weight is 285 g/mol. The number of carbonyl (C=O) groups is 1. The van der Waals surface area contributed by atoms with Crippen molar-refractivity contribution >= 4 is 11.6 Å². The van der Waals surface area contributed by atoms with Gasteiger partial charge in [0.25, 0.3) is 0 Å². The first-order valence-corrected chi connectivity index (χ1v) is 7.15. The standard InChI is InChI=1S/C15H19N5O/c1-15(6-3-7-16-9-15)14(21)19-12-4-2-5-13(8-12)20-10-17-18-11-20/h2,4-5,8,10-11,16H,3,6-7,9H2,1H3,(H,19,21). The molecule has 1 aromatic carbocycles. The van der Waals surface area contributed by atoms with Crippen LogP contribution in [0.5, 0.6) is 0 Å². The lowest BCUT2D eigenvalue weighted by atomic mass is 9.82. The zero-order chi connectivity index (χ0) is 14.7. The van der Waals surface area contributed by atoms with Crippen molar-refractivity contribution in [1.29, 1.82) is 0 Å². The Bertz CT molecular complexity index is 617. The number of carbonyl (C=O) groups excluding carboxylic acids is 1. The summed E-state index contributed by atoms with van der Waals surface area (Å²) < 4.78 is 1.81. The first-order valence-electron chi connectivity index (χ1n) is 7.15. The van der Waals surface area contributed by atoms with Crippen molar-refractivity contribution in [3.8, 4) is 5.69 Å². The fourth-order valence-electron chi connectivity index (χ4n) is 2.61. The van der Waals surface area contributed by atoms with Crippen LogP contribution in [-0.2, 0) is 4.79 Å². The van der Waals surface area contributed by atoms with Crippen LogP contribution in [0.15, 0.2) is 36.9 Å². The molecule has 1 aromatic heterocycles. The molecule has 0 spiro atoms. The summed E-state index contributed by atoms with van der Waals surface area (Å²) in [6.45, 7) is 3.73. The smallest absolute Gasteiger partial charge is 0.231 e. The number of piperidine rings is 1. The number of nitrogens with zero attached hydrogens (tertiary/aromatic N) is 3. The third kappa shape index (κ3) is 2.95. The molecule has 2 heterocycles. The van der Waals surface area contributed by atoms with Gasteiger partial charge in [-0.1, -0.05) is 6.07 Å². The zero-order valence-corrected chi connectivity index (χ0v) is 12.0. The van der Waals surface area contributed by atoms with Gasteiger partial charge in [0, 0.05) is 12.2 Å². The Morgan fingerprint density at radius 3 is 2.90 bits per heavy atom. The van der Waals surface area contributed by atoms with E-state index >= 15 is 0 Å². The number of nitrogens with one attached hydrogen (secondary N) is 2. The third-order valence-corrected chi connectivity index (χ3v) is 3.97. The second-order valence-corrected chi connectivity index (χ2v) is 5.71. The molecule has 1 fully saturated rings. The topological polar surface area (TPSA) is 71.8 Å². The van der Waals surface area contributed by atoms with Gasteiger partial charge in [0.15, 0.2) is 0 Å². The van der Waals surface area contributed by atoms with Gasteiger partial charge in [0.1, 0.15) is 12.7 Å². The summed E-state index contributed by atoms with van der Waals surface area (Å²) in [6.07, 6.45) is 5.21. The van der Waals surface area contributed by atoms with E-state index in [9.17, 15) is 4.79 Å². The number of anilines is 1. The summed E-state index contributed by atoms with van der Waals surface area (Å²) in [6, 6.07) is 7.67. The van der Waals surface area contributed by atoms with E-state index in [0.717, 1.165) is 37.3 Å². The molecule has 21 heavy (non-hydrogen) atoms. The monoisotopic (exact) mass is 285 g/mol. The Balaban J connectivity index is 1.76. The summed E-state index contributed by atoms with van der Waals surface area (Å²) in [5.41, 5.74) is 1.37. The highest BCUT2D eigenvalue weighted by Gasteiger charge is 2.34. The van der Waals surface area contributed by atoms with Gasteiger partial charge >= 0.3 is 0 Å².